The minimum absolute atomic E-state index is 0.255. The van der Waals surface area contributed by atoms with Crippen molar-refractivity contribution in [3.63, 3.8) is 0 Å². The molecule has 0 radical (unpaired) electrons. The number of benzene rings is 4. The van der Waals surface area contributed by atoms with Gasteiger partial charge in [-0.25, -0.2) is 0 Å². The zero-order valence-electron chi connectivity index (χ0n) is 39.4. The van der Waals surface area contributed by atoms with E-state index >= 15 is 0 Å². The van der Waals surface area contributed by atoms with E-state index in [0.29, 0.717) is 42.0 Å². The van der Waals surface area contributed by atoms with E-state index in [-0.39, 0.29) is 27.3 Å². The number of nitrogens with zero attached hydrogens (tertiary/aromatic N) is 7. The van der Waals surface area contributed by atoms with E-state index in [2.05, 4.69) is 65.2 Å². The fourth-order valence-electron chi connectivity index (χ4n) is 7.56. The van der Waals surface area contributed by atoms with Gasteiger partial charge in [-0.1, -0.05) is 129 Å². The van der Waals surface area contributed by atoms with Gasteiger partial charge in [-0.15, -0.1) is 5.11 Å². The van der Waals surface area contributed by atoms with Crippen LogP contribution in [0.25, 0.3) is 10.8 Å². The molecule has 17 nitrogen and oxygen atoms in total. The van der Waals surface area contributed by atoms with Gasteiger partial charge >= 0.3 is 0 Å². The van der Waals surface area contributed by atoms with Gasteiger partial charge in [0, 0.05) is 24.2 Å². The third kappa shape index (κ3) is 18.5. The quantitative estimate of drug-likeness (QED) is 0.0133. The van der Waals surface area contributed by atoms with Crippen molar-refractivity contribution in [3.8, 4) is 5.75 Å². The van der Waals surface area contributed by atoms with Crippen LogP contribution in [0.2, 0.25) is 0 Å². The van der Waals surface area contributed by atoms with Crippen molar-refractivity contribution in [1.82, 2.24) is 15.0 Å². The maximum atomic E-state index is 12.7. The Balaban J connectivity index is 1.25. The molecule has 0 bridgehead atoms. The second-order valence-corrected chi connectivity index (χ2v) is 19.8. The summed E-state index contributed by atoms with van der Waals surface area (Å²) >= 11 is 0. The van der Waals surface area contributed by atoms with E-state index in [0.717, 1.165) is 25.7 Å². The molecule has 0 aliphatic rings. The van der Waals surface area contributed by atoms with E-state index in [1.54, 1.807) is 30.3 Å². The zero-order valence-corrected chi connectivity index (χ0v) is 41.0. The van der Waals surface area contributed by atoms with Gasteiger partial charge in [0.1, 0.15) is 10.6 Å². The first kappa shape index (κ1) is 53.3. The van der Waals surface area contributed by atoms with Crippen LogP contribution < -0.4 is 16.0 Å². The largest absolute Gasteiger partial charge is 0.505 e. The Hall–Kier alpha value is -5.63. The molecular formula is C49H68N10O7S2. The molecule has 6 N–H and O–H groups in total. The molecule has 0 amide bonds. The predicted octanol–water partition coefficient (Wildman–Crippen LogP) is 14.5. The molecule has 0 spiro atoms. The number of anilines is 4. The third-order valence-electron chi connectivity index (χ3n) is 11.4. The minimum Gasteiger partial charge on any atom is -0.505 e. The van der Waals surface area contributed by atoms with Gasteiger partial charge in [-0.3, -0.25) is 9.11 Å². The number of aromatic hydroxyl groups is 1. The first-order valence-corrected chi connectivity index (χ1v) is 27.0. The van der Waals surface area contributed by atoms with Crippen LogP contribution in [-0.2, 0) is 20.2 Å². The van der Waals surface area contributed by atoms with Crippen LogP contribution in [0, 0.1) is 0 Å². The monoisotopic (exact) mass is 972 g/mol. The van der Waals surface area contributed by atoms with E-state index in [4.69, 9.17) is 4.55 Å². The first-order chi connectivity index (χ1) is 32.8. The standard InChI is InChI=1S/C49H68N10O7S2/c1-3-5-7-9-11-13-15-17-19-21-33-50-47-53-48(51-34-22-20-18-16-14-12-10-8-6-4-2)55-49(54-47)52-41-29-32-43-37(35-41)36-44(68(64,65)66)45(46(43)60)59-58-39-25-23-38(24-26-39)56-57-40-27-30-42(31-28-40)67(61,62)63/h23-32,35-36,60H,3-22,33-34H2,1-2H3,(H,61,62,63)(H,64,65,66)(H3,50,51,52,53,54,55). The van der Waals surface area contributed by atoms with Crippen molar-refractivity contribution < 1.29 is 31.0 Å². The van der Waals surface area contributed by atoms with Crippen molar-refractivity contribution >= 4 is 77.3 Å². The Kier molecular flexibility index (Phi) is 22.0. The average Bonchev–Trinajstić information content (AvgIpc) is 3.31. The normalized spacial score (nSPS) is 12.1. The fourth-order valence-corrected chi connectivity index (χ4v) is 8.70. The molecule has 0 unspecified atom stereocenters. The van der Waals surface area contributed by atoms with Gasteiger partial charge < -0.3 is 21.1 Å². The Morgan fingerprint density at radius 1 is 0.485 bits per heavy atom. The number of phenolic OH excluding ortho intramolecular Hbond substituents is 1. The highest BCUT2D eigenvalue weighted by Crippen LogP contribution is 2.42. The third-order valence-corrected chi connectivity index (χ3v) is 13.1. The summed E-state index contributed by atoms with van der Waals surface area (Å²) in [5, 5.41) is 38.1. The maximum absolute atomic E-state index is 12.7. The minimum atomic E-state index is -4.89. The number of phenols is 1. The van der Waals surface area contributed by atoms with Crippen LogP contribution in [0.15, 0.2) is 103 Å². The molecule has 0 saturated heterocycles. The zero-order chi connectivity index (χ0) is 48.6. The summed E-state index contributed by atoms with van der Waals surface area (Å²) in [4.78, 5) is 13.0. The van der Waals surface area contributed by atoms with Crippen LogP contribution in [0.4, 0.5) is 46.3 Å². The second kappa shape index (κ2) is 28.0. The lowest BCUT2D eigenvalue weighted by Crippen LogP contribution is -2.12. The molecule has 5 aromatic rings. The topological polar surface area (TPSA) is 253 Å². The fraction of sp³-hybridized carbons (Fsp3) is 0.490. The van der Waals surface area contributed by atoms with Crippen LogP contribution in [0.1, 0.15) is 142 Å². The van der Waals surface area contributed by atoms with Gasteiger partial charge in [0.05, 0.1) is 22.0 Å². The molecule has 1 aromatic heterocycles. The molecule has 4 aromatic carbocycles. The number of azo groups is 2. The lowest BCUT2D eigenvalue weighted by atomic mass is 10.1. The molecule has 0 aliphatic carbocycles. The van der Waals surface area contributed by atoms with Gasteiger partial charge in [0.15, 0.2) is 5.75 Å². The van der Waals surface area contributed by atoms with Crippen molar-refractivity contribution in [2.75, 3.05) is 29.0 Å². The van der Waals surface area contributed by atoms with E-state index < -0.39 is 36.6 Å². The Labute approximate surface area is 401 Å². The maximum Gasteiger partial charge on any atom is 0.296 e. The Bertz CT molecular complexity index is 2570. The molecule has 1 heterocycles. The van der Waals surface area contributed by atoms with E-state index in [1.165, 1.54) is 145 Å². The van der Waals surface area contributed by atoms with Crippen LogP contribution >= 0.6 is 0 Å². The summed E-state index contributed by atoms with van der Waals surface area (Å²) in [7, 11) is -9.23. The molecule has 368 valence electrons. The van der Waals surface area contributed by atoms with Gasteiger partial charge in [-0.2, -0.15) is 47.1 Å². The van der Waals surface area contributed by atoms with Crippen LogP contribution in [-0.4, -0.2) is 59.1 Å². The molecule has 5 rings (SSSR count). The Morgan fingerprint density at radius 2 is 0.897 bits per heavy atom. The number of hydrogen-bond acceptors (Lipinski definition) is 15. The molecule has 68 heavy (non-hydrogen) atoms. The number of nitrogens with one attached hydrogen (secondary N) is 3. The molecule has 0 aliphatic heterocycles. The number of aromatic nitrogens is 3. The highest BCUT2D eigenvalue weighted by Gasteiger charge is 2.22. The molecule has 0 atom stereocenters. The number of hydrogen-bond donors (Lipinski definition) is 6. The van der Waals surface area contributed by atoms with Crippen LogP contribution in [0.3, 0.4) is 0 Å². The summed E-state index contributed by atoms with van der Waals surface area (Å²) < 4.78 is 67.3. The average molecular weight is 973 g/mol. The van der Waals surface area contributed by atoms with Crippen molar-refractivity contribution in [2.24, 2.45) is 20.5 Å². The van der Waals surface area contributed by atoms with E-state index in [1.807, 2.05) is 0 Å². The van der Waals surface area contributed by atoms with Crippen molar-refractivity contribution in [3.05, 3.63) is 72.8 Å². The second-order valence-electron chi connectivity index (χ2n) is 17.0. The summed E-state index contributed by atoms with van der Waals surface area (Å²) in [5.41, 5.74) is 1.06. The number of unbranched alkanes of at least 4 members (excludes halogenated alkanes) is 18. The van der Waals surface area contributed by atoms with Crippen molar-refractivity contribution in [1.29, 1.82) is 0 Å². The van der Waals surface area contributed by atoms with Gasteiger partial charge in [0.25, 0.3) is 20.2 Å². The molecule has 19 heteroatoms. The lowest BCUT2D eigenvalue weighted by molar-refractivity contribution is 0.472. The molecule has 0 saturated carbocycles. The number of fused-ring (bicyclic) bond motifs is 1. The van der Waals surface area contributed by atoms with Gasteiger partial charge in [0.2, 0.25) is 17.8 Å². The predicted molar refractivity (Wildman–Crippen MR) is 270 cm³/mol. The van der Waals surface area contributed by atoms with Gasteiger partial charge in [-0.05, 0) is 91.0 Å². The summed E-state index contributed by atoms with van der Waals surface area (Å²) in [5.74, 6) is 0.614. The highest BCUT2D eigenvalue weighted by atomic mass is 32.2. The molecular weight excluding hydrogens is 905 g/mol. The summed E-state index contributed by atoms with van der Waals surface area (Å²) in [6.45, 7) is 5.90. The summed E-state index contributed by atoms with van der Waals surface area (Å²) in [6, 6.07) is 17.4. The Morgan fingerprint density at radius 3 is 1.34 bits per heavy atom. The lowest BCUT2D eigenvalue weighted by Gasteiger charge is -2.13. The smallest absolute Gasteiger partial charge is 0.296 e. The SMILES string of the molecule is CCCCCCCCCCCCNc1nc(NCCCCCCCCCCCC)nc(Nc2ccc3c(O)c(N=Nc4ccc(N=Nc5ccc(S(=O)(=O)O)cc5)cc4)c(S(=O)(=O)O)cc3c2)n1. The first-order valence-electron chi connectivity index (χ1n) is 24.1. The van der Waals surface area contributed by atoms with Crippen LogP contribution in [0.5, 0.6) is 5.75 Å². The molecule has 0 fully saturated rings. The highest BCUT2D eigenvalue weighted by molar-refractivity contribution is 7.86. The van der Waals surface area contributed by atoms with Crippen molar-refractivity contribution in [2.45, 2.75) is 152 Å². The summed E-state index contributed by atoms with van der Waals surface area (Å²) in [6.07, 6.45) is 24.8. The van der Waals surface area contributed by atoms with E-state index in [9.17, 15) is 26.5 Å². The number of rotatable bonds is 32.